The first-order chi connectivity index (χ1) is 14.7. The number of hydrogen-bond acceptors (Lipinski definition) is 7. The number of sulfonamides is 1. The summed E-state index contributed by atoms with van der Waals surface area (Å²) in [6.45, 7) is 2.76. The summed E-state index contributed by atoms with van der Waals surface area (Å²) < 4.78 is 58.7. The molecule has 2 aliphatic heterocycles. The maximum Gasteiger partial charge on any atom is 0.216 e. The van der Waals surface area contributed by atoms with E-state index in [-0.39, 0.29) is 12.2 Å². The predicted molar refractivity (Wildman–Crippen MR) is 110 cm³/mol. The number of nitrogens with two attached hydrogens (primary N) is 1. The number of fused-ring (bicyclic) bond motifs is 3. The van der Waals surface area contributed by atoms with Gasteiger partial charge in [-0.05, 0) is 24.6 Å². The molecule has 8 nitrogen and oxygen atoms in total. The fourth-order valence-electron chi connectivity index (χ4n) is 3.67. The first kappa shape index (κ1) is 20.9. The predicted octanol–water partition coefficient (Wildman–Crippen LogP) is 3.10. The molecule has 2 aliphatic rings. The second kappa shape index (κ2) is 7.72. The standard InChI is InChI=1S/C20H17F2N5O3S/c1-2-17(31(24,28)29)18-13(9-23)19(15(22)8-14(18)21)30-11-3-4-16-12(7-11)20-25-5-6-27(20)10-26-16/h3-4,7-8,10,17H,2,5-6H2,1H3,(H2,24,28,29). The van der Waals surface area contributed by atoms with Crippen molar-refractivity contribution in [2.24, 2.45) is 15.1 Å². The lowest BCUT2D eigenvalue weighted by molar-refractivity contribution is 0.433. The molecule has 1 atom stereocenters. The maximum absolute atomic E-state index is 14.6. The molecule has 0 amide bonds. The summed E-state index contributed by atoms with van der Waals surface area (Å²) in [6.07, 6.45) is 1.56. The van der Waals surface area contributed by atoms with Crippen LogP contribution in [-0.2, 0) is 10.0 Å². The van der Waals surface area contributed by atoms with E-state index in [9.17, 15) is 22.5 Å². The molecule has 0 radical (unpaired) electrons. The van der Waals surface area contributed by atoms with Gasteiger partial charge in [0.2, 0.25) is 10.0 Å². The number of benzene rings is 2. The number of hydrogen-bond donors (Lipinski definition) is 1. The van der Waals surface area contributed by atoms with Gasteiger partial charge < -0.3 is 9.64 Å². The van der Waals surface area contributed by atoms with Crippen molar-refractivity contribution in [1.29, 1.82) is 5.26 Å². The van der Waals surface area contributed by atoms with Gasteiger partial charge in [0.05, 0.1) is 18.6 Å². The molecule has 2 N–H and O–H groups in total. The van der Waals surface area contributed by atoms with Crippen molar-refractivity contribution in [2.75, 3.05) is 13.1 Å². The first-order valence-electron chi connectivity index (χ1n) is 9.35. The summed E-state index contributed by atoms with van der Waals surface area (Å²) in [5, 5.41) is 13.3. The molecule has 0 saturated carbocycles. The van der Waals surface area contributed by atoms with Gasteiger partial charge in [0.25, 0.3) is 0 Å². The van der Waals surface area contributed by atoms with Crippen LogP contribution in [0.5, 0.6) is 11.5 Å². The zero-order valence-corrected chi connectivity index (χ0v) is 17.2. The minimum Gasteiger partial charge on any atom is -0.453 e. The highest BCUT2D eigenvalue weighted by molar-refractivity contribution is 7.89. The maximum atomic E-state index is 14.6. The van der Waals surface area contributed by atoms with Gasteiger partial charge in [-0.25, -0.2) is 27.3 Å². The number of aliphatic imine (C=N–C) groups is 2. The molecule has 2 aromatic rings. The number of ether oxygens (including phenoxy) is 1. The molecule has 0 aliphatic carbocycles. The van der Waals surface area contributed by atoms with Crippen molar-refractivity contribution in [3.63, 3.8) is 0 Å². The molecular weight excluding hydrogens is 428 g/mol. The number of nitrogens with zero attached hydrogens (tertiary/aromatic N) is 4. The highest BCUT2D eigenvalue weighted by Crippen LogP contribution is 2.39. The Labute approximate surface area is 177 Å². The zero-order chi connectivity index (χ0) is 22.3. The largest absolute Gasteiger partial charge is 0.453 e. The lowest BCUT2D eigenvalue weighted by Crippen LogP contribution is -2.29. The Balaban J connectivity index is 1.82. The SMILES string of the molecule is CCC(c1c(F)cc(F)c(Oc2ccc3c(c2)C2=NCCN2C=N3)c1C#N)S(N)(=O)=O. The Hall–Kier alpha value is -3.36. The summed E-state index contributed by atoms with van der Waals surface area (Å²) >= 11 is 0. The highest BCUT2D eigenvalue weighted by Gasteiger charge is 2.32. The molecule has 1 unspecified atom stereocenters. The molecule has 0 fully saturated rings. The summed E-state index contributed by atoms with van der Waals surface area (Å²) in [7, 11) is -4.25. The molecule has 0 bridgehead atoms. The van der Waals surface area contributed by atoms with E-state index in [1.807, 2.05) is 4.90 Å². The normalized spacial score (nSPS) is 15.7. The monoisotopic (exact) mass is 445 g/mol. The van der Waals surface area contributed by atoms with Crippen LogP contribution in [0.3, 0.4) is 0 Å². The van der Waals surface area contributed by atoms with Gasteiger partial charge in [0, 0.05) is 23.7 Å². The van der Waals surface area contributed by atoms with Crippen molar-refractivity contribution in [3.05, 3.63) is 52.6 Å². The molecule has 2 heterocycles. The third-order valence-electron chi connectivity index (χ3n) is 5.06. The van der Waals surface area contributed by atoms with Crippen LogP contribution in [0.2, 0.25) is 0 Å². The van der Waals surface area contributed by atoms with E-state index in [1.54, 1.807) is 24.5 Å². The van der Waals surface area contributed by atoms with Crippen molar-refractivity contribution < 1.29 is 21.9 Å². The van der Waals surface area contributed by atoms with Crippen LogP contribution in [0.4, 0.5) is 14.5 Å². The quantitative estimate of drug-likeness (QED) is 0.758. The topological polar surface area (TPSA) is 121 Å². The van der Waals surface area contributed by atoms with Gasteiger partial charge in [-0.2, -0.15) is 5.26 Å². The summed E-state index contributed by atoms with van der Waals surface area (Å²) in [4.78, 5) is 10.6. The van der Waals surface area contributed by atoms with E-state index in [0.29, 0.717) is 36.2 Å². The zero-order valence-electron chi connectivity index (χ0n) is 16.3. The van der Waals surface area contributed by atoms with Crippen LogP contribution in [0.25, 0.3) is 0 Å². The van der Waals surface area contributed by atoms with Crippen LogP contribution in [0, 0.1) is 23.0 Å². The molecule has 11 heteroatoms. The number of nitriles is 1. The fraction of sp³-hybridized carbons (Fsp3) is 0.250. The van der Waals surface area contributed by atoms with Crippen LogP contribution in [-0.4, -0.2) is 38.6 Å². The van der Waals surface area contributed by atoms with Gasteiger partial charge in [0.1, 0.15) is 34.3 Å². The average Bonchev–Trinajstić information content (AvgIpc) is 3.20. The molecular formula is C20H17F2N5O3S. The Bertz CT molecular complexity index is 1280. The number of rotatable bonds is 5. The van der Waals surface area contributed by atoms with Gasteiger partial charge in [-0.3, -0.25) is 4.99 Å². The Kier molecular flexibility index (Phi) is 5.20. The fourth-order valence-corrected chi connectivity index (χ4v) is 4.70. The molecule has 160 valence electrons. The second-order valence-corrected chi connectivity index (χ2v) is 8.73. The smallest absolute Gasteiger partial charge is 0.216 e. The minimum atomic E-state index is -4.25. The summed E-state index contributed by atoms with van der Waals surface area (Å²) in [5.74, 6) is -2.06. The van der Waals surface area contributed by atoms with Gasteiger partial charge in [0.15, 0.2) is 11.6 Å². The molecule has 4 rings (SSSR count). The van der Waals surface area contributed by atoms with E-state index in [1.165, 1.54) is 13.0 Å². The lowest BCUT2D eigenvalue weighted by Gasteiger charge is -2.22. The van der Waals surface area contributed by atoms with Crippen LogP contribution < -0.4 is 9.88 Å². The third-order valence-corrected chi connectivity index (χ3v) is 6.43. The van der Waals surface area contributed by atoms with E-state index in [4.69, 9.17) is 9.88 Å². The van der Waals surface area contributed by atoms with Crippen molar-refractivity contribution in [1.82, 2.24) is 4.90 Å². The van der Waals surface area contributed by atoms with E-state index < -0.39 is 43.8 Å². The van der Waals surface area contributed by atoms with Crippen molar-refractivity contribution in [3.8, 4) is 17.6 Å². The molecule has 2 aromatic carbocycles. The average molecular weight is 445 g/mol. The van der Waals surface area contributed by atoms with Crippen molar-refractivity contribution >= 4 is 27.9 Å². The Morgan fingerprint density at radius 2 is 2.10 bits per heavy atom. The van der Waals surface area contributed by atoms with Crippen LogP contribution in [0.1, 0.15) is 35.3 Å². The highest BCUT2D eigenvalue weighted by atomic mass is 32.2. The minimum absolute atomic E-state index is 0.109. The van der Waals surface area contributed by atoms with E-state index in [2.05, 4.69) is 9.98 Å². The molecule has 0 aromatic heterocycles. The molecule has 31 heavy (non-hydrogen) atoms. The summed E-state index contributed by atoms with van der Waals surface area (Å²) in [5.41, 5.74) is 0.228. The van der Waals surface area contributed by atoms with E-state index in [0.717, 1.165) is 0 Å². The van der Waals surface area contributed by atoms with Gasteiger partial charge in [-0.15, -0.1) is 0 Å². The van der Waals surface area contributed by atoms with E-state index >= 15 is 0 Å². The number of amidine groups is 1. The van der Waals surface area contributed by atoms with Crippen LogP contribution >= 0.6 is 0 Å². The Morgan fingerprint density at radius 1 is 1.32 bits per heavy atom. The first-order valence-corrected chi connectivity index (χ1v) is 11.0. The Morgan fingerprint density at radius 3 is 2.77 bits per heavy atom. The van der Waals surface area contributed by atoms with Crippen LogP contribution in [0.15, 0.2) is 34.3 Å². The molecule has 0 saturated heterocycles. The second-order valence-electron chi connectivity index (χ2n) is 6.98. The third kappa shape index (κ3) is 3.64. The number of halogens is 2. The number of primary sulfonamides is 1. The molecule has 0 spiro atoms. The van der Waals surface area contributed by atoms with Gasteiger partial charge in [-0.1, -0.05) is 6.92 Å². The van der Waals surface area contributed by atoms with Crippen molar-refractivity contribution in [2.45, 2.75) is 18.6 Å². The van der Waals surface area contributed by atoms with Gasteiger partial charge >= 0.3 is 0 Å². The summed E-state index contributed by atoms with van der Waals surface area (Å²) in [6, 6.07) is 6.91. The lowest BCUT2D eigenvalue weighted by atomic mass is 10.0.